The Labute approximate surface area is 771 Å². The Hall–Kier alpha value is -10.6. The van der Waals surface area contributed by atoms with Crippen molar-refractivity contribution in [1.29, 1.82) is 0 Å². The Morgan fingerprint density at radius 3 is 1.57 bits per heavy atom. The van der Waals surface area contributed by atoms with Gasteiger partial charge in [0.15, 0.2) is 5.43 Å². The number of carbonyl (C=O) groups excluding carboxylic acids is 7. The lowest BCUT2D eigenvalue weighted by Gasteiger charge is -2.35. The number of benzene rings is 3. The summed E-state index contributed by atoms with van der Waals surface area (Å²) in [6.45, 7) is 27.1. The molecule has 7 aromatic rings. The van der Waals surface area contributed by atoms with Crippen molar-refractivity contribution >= 4 is 131 Å². The molecule has 8 N–H and O–H groups in total. The van der Waals surface area contributed by atoms with E-state index < -0.39 is 122 Å². The number of carbonyl (C=O) groups is 8. The number of anilines is 2. The number of oxazole rings is 2. The molecule has 6 heterocycles. The lowest BCUT2D eigenvalue weighted by atomic mass is 9.85. The average molecular weight is 1930 g/mol. The van der Waals surface area contributed by atoms with Crippen LogP contribution in [0.4, 0.5) is 21.6 Å². The molecule has 2 unspecified atom stereocenters. The molecule has 4 aromatic heterocycles. The lowest BCUT2D eigenvalue weighted by molar-refractivity contribution is -0.148. The second kappa shape index (κ2) is 39.9. The number of aromatic nitrogens is 4. The van der Waals surface area contributed by atoms with Gasteiger partial charge in [0.25, 0.3) is 22.1 Å². The Morgan fingerprint density at radius 1 is 0.608 bits per heavy atom. The summed E-state index contributed by atoms with van der Waals surface area (Å²) in [7, 11) is 0.109. The van der Waals surface area contributed by atoms with E-state index in [1.807, 2.05) is 48.5 Å². The van der Waals surface area contributed by atoms with Gasteiger partial charge in [-0.05, 0) is 162 Å². The first-order valence-electron chi connectivity index (χ1n) is 43.4. The number of aromatic amines is 1. The SMILES string of the molecule is C=C[C@@H]1C[C@]1(NC(=O)[C@@H]1C[C@H](OS(=O)(=O)c2ccc(Br)cc2)CN1C(=O)[C@@H](NC(=O)OC1C[C@@H]2C[C@@H]2C1)C(C)(C)C)C(=O)OC.C=C[C@@H]1C[C@]1(NC(=O)[C@@H]1C[C@H](Oc2cc(-c3coc(NC(C)C)n3)nc3c(Cl)c(OCCOC)ccc23)CN1C(=O)[C@@H](NC(=O)OC1C[C@@H]2C[C@@H]2C1)C(C)(C)C)C(=O)O.COCCOc1ccc2c(=O)cc(-c3coc(NC(C)C)n3)[nH]c2c1Cl. The monoisotopic (exact) mass is 1920 g/mol. The zero-order valence-corrected chi connectivity index (χ0v) is 78.7. The summed E-state index contributed by atoms with van der Waals surface area (Å²) in [6.07, 6.45) is 8.08. The first-order chi connectivity index (χ1) is 61.6. The van der Waals surface area contributed by atoms with Crippen molar-refractivity contribution in [3.8, 4) is 40.0 Å². The highest BCUT2D eigenvalue weighted by Crippen LogP contribution is 2.54. The van der Waals surface area contributed by atoms with E-state index in [2.05, 4.69) is 75.9 Å². The number of carboxylic acids is 1. The number of pyridine rings is 2. The lowest BCUT2D eigenvalue weighted by Crippen LogP contribution is -2.59. The first-order valence-corrected chi connectivity index (χ1v) is 46.3. The van der Waals surface area contributed by atoms with E-state index in [0.29, 0.717) is 127 Å². The van der Waals surface area contributed by atoms with Gasteiger partial charge in [0.2, 0.25) is 23.6 Å². The second-order valence-electron chi connectivity index (χ2n) is 37.0. The van der Waals surface area contributed by atoms with Crippen LogP contribution in [0.1, 0.15) is 133 Å². The average Bonchev–Trinajstić information content (AvgIpc) is 1.58. The number of alkyl carbamates (subject to hydrolysis) is 2. The van der Waals surface area contributed by atoms with Crippen LogP contribution in [0.2, 0.25) is 10.0 Å². The number of hydrogen-bond donors (Lipinski definition) is 8. The molecular weight excluding hydrogens is 1810 g/mol. The molecule has 8 fully saturated rings. The van der Waals surface area contributed by atoms with Crippen LogP contribution in [0.15, 0.2) is 121 Å². The highest BCUT2D eigenvalue weighted by Gasteiger charge is 2.64. The molecular formula is C91H113BrCl2N12O23S. The van der Waals surface area contributed by atoms with E-state index in [1.54, 1.807) is 83.5 Å². The normalized spacial score (nSPS) is 24.8. The number of ether oxygens (including phenoxy) is 8. The number of carboxylic acid groups (broad SMARTS) is 1. The number of likely N-dealkylation sites (tertiary alicyclic amines) is 2. The van der Waals surface area contributed by atoms with Gasteiger partial charge in [0, 0.05) is 84.9 Å². The van der Waals surface area contributed by atoms with Crippen LogP contribution in [0.5, 0.6) is 17.2 Å². The number of esters is 1. The maximum Gasteiger partial charge on any atom is 0.408 e. The summed E-state index contributed by atoms with van der Waals surface area (Å²) in [4.78, 5) is 140. The minimum atomic E-state index is -4.26. The van der Waals surface area contributed by atoms with Crippen molar-refractivity contribution in [1.82, 2.24) is 51.0 Å². The van der Waals surface area contributed by atoms with Gasteiger partial charge in [-0.2, -0.15) is 18.4 Å². The molecule has 16 atom stereocenters. The number of methoxy groups -OCH3 is 3. The Bertz CT molecular complexity index is 5590. The molecule has 130 heavy (non-hydrogen) atoms. The maximum atomic E-state index is 14.7. The molecule has 15 rings (SSSR count). The number of nitrogens with zero attached hydrogens (tertiary/aromatic N) is 5. The largest absolute Gasteiger partial charge is 0.490 e. The maximum absolute atomic E-state index is 14.7. The van der Waals surface area contributed by atoms with Crippen LogP contribution in [0.3, 0.4) is 0 Å². The quantitative estimate of drug-likeness (QED) is 0.00622. The van der Waals surface area contributed by atoms with Gasteiger partial charge in [0.1, 0.15) is 118 Å². The summed E-state index contributed by atoms with van der Waals surface area (Å²) >= 11 is 16.6. The van der Waals surface area contributed by atoms with Gasteiger partial charge in [-0.3, -0.25) is 28.2 Å². The molecule has 0 radical (unpaired) electrons. The van der Waals surface area contributed by atoms with Crippen molar-refractivity contribution in [3.05, 3.63) is 123 Å². The van der Waals surface area contributed by atoms with E-state index in [-0.39, 0.29) is 90.9 Å². The van der Waals surface area contributed by atoms with Crippen LogP contribution < -0.4 is 51.5 Å². The molecule has 35 nitrogen and oxygen atoms in total. The predicted molar refractivity (Wildman–Crippen MR) is 483 cm³/mol. The van der Waals surface area contributed by atoms with E-state index in [0.717, 1.165) is 38.5 Å². The fourth-order valence-corrected chi connectivity index (χ4v) is 19.1. The minimum absolute atomic E-state index is 0.00427. The number of rotatable bonds is 33. The molecule has 39 heteroatoms. The number of hydrogen-bond acceptors (Lipinski definition) is 27. The Morgan fingerprint density at radius 2 is 1.08 bits per heavy atom. The Balaban J connectivity index is 0.000000179. The van der Waals surface area contributed by atoms with Gasteiger partial charge in [-0.1, -0.05) is 92.8 Å². The van der Waals surface area contributed by atoms with Crippen LogP contribution >= 0.6 is 39.1 Å². The highest BCUT2D eigenvalue weighted by atomic mass is 79.9. The van der Waals surface area contributed by atoms with Crippen molar-refractivity contribution in [2.24, 2.45) is 46.3 Å². The fourth-order valence-electron chi connectivity index (χ4n) is 17.2. The molecule has 8 aliphatic rings. The minimum Gasteiger partial charge on any atom is -0.490 e. The van der Waals surface area contributed by atoms with E-state index in [9.17, 15) is 56.7 Å². The zero-order chi connectivity index (χ0) is 94.0. The van der Waals surface area contributed by atoms with Crippen LogP contribution in [0, 0.1) is 46.3 Å². The second-order valence-corrected chi connectivity index (χ2v) is 40.3. The molecule has 0 spiro atoms. The molecule has 702 valence electrons. The summed E-state index contributed by atoms with van der Waals surface area (Å²) in [5.41, 5.74) is -2.05. The highest BCUT2D eigenvalue weighted by molar-refractivity contribution is 9.10. The van der Waals surface area contributed by atoms with Gasteiger partial charge in [0.05, 0.1) is 60.3 Å². The van der Waals surface area contributed by atoms with Crippen LogP contribution in [0.25, 0.3) is 44.6 Å². The molecule has 0 bridgehead atoms. The van der Waals surface area contributed by atoms with Gasteiger partial charge in [-0.25, -0.2) is 24.2 Å². The molecule has 6 saturated carbocycles. The molecule has 2 saturated heterocycles. The third kappa shape index (κ3) is 22.4. The van der Waals surface area contributed by atoms with Gasteiger partial charge >= 0.3 is 24.1 Å². The fraction of sp³-hybridized carbons (Fsp3) is 0.538. The van der Waals surface area contributed by atoms with Crippen LogP contribution in [-0.2, 0) is 66.8 Å². The topological polar surface area (TPSA) is 450 Å². The van der Waals surface area contributed by atoms with Gasteiger partial charge in [-0.15, -0.1) is 13.2 Å². The van der Waals surface area contributed by atoms with E-state index in [1.165, 1.54) is 53.7 Å². The predicted octanol–water partition coefficient (Wildman–Crippen LogP) is 12.8. The van der Waals surface area contributed by atoms with Crippen molar-refractivity contribution in [2.45, 2.75) is 210 Å². The summed E-state index contributed by atoms with van der Waals surface area (Å²) in [6, 6.07) is 12.2. The number of amides is 6. The van der Waals surface area contributed by atoms with E-state index >= 15 is 0 Å². The molecule has 6 aliphatic carbocycles. The number of H-pyrrole nitrogens is 1. The summed E-state index contributed by atoms with van der Waals surface area (Å²) in [5, 5.41) is 28.9. The number of halogens is 3. The third-order valence-corrected chi connectivity index (χ3v) is 27.1. The molecule has 3 aromatic carbocycles. The third-order valence-electron chi connectivity index (χ3n) is 24.5. The van der Waals surface area contributed by atoms with Crippen molar-refractivity contribution in [3.63, 3.8) is 0 Å². The van der Waals surface area contributed by atoms with Crippen molar-refractivity contribution < 1.29 is 103 Å². The first kappa shape index (κ1) is 97.0. The standard InChI is InChI=1S/C42H53ClN6O10.C31H40BrN3O9S.C18H20ClN3O4/c1-8-24-18-42(24,38(52)53)48-36(50)30-16-26(19-49(30)37(51)35(41(4,5)6)47-40(54)59-25-14-22-13-23(22)15-25)58-32-17-28(29-20-57-39(46-29)44-21(2)3)45-34-27(32)9-10-31(33(34)43)56-12-11-55-7;1-6-19-15-31(19,28(38)42-5)34-26(36)24-14-22(44-45(40,41)23-9-7-20(32)8-10-23)16-35(24)27(37)25(30(2,3)4)33-29(39)43-21-12-17-11-18(17)13-21;1-10(2)20-18-22-13(9-26-18)12-8-14(23)11-4-5-15(25-7-6-24-3)16(19)17(11)21-12/h8-10,17,20-26,30,35H,1,11-16,18-19H2,2-7H3,(H,44,46)(H,47,54)(H,48,50)(H,52,53);6-10,17-19,21-22,24-25H,1,11-16H2,2-5H3,(H,33,39)(H,34,36);4-5,8-10H,6-7H2,1-3H3,(H,20,22)(H,21,23)/t22-,23+,24-,25?,26+,30+,35-,42-;17-,18+,19-,21?,22+,24+,25-,31-;/m11./s1. The summed E-state index contributed by atoms with van der Waals surface area (Å²) < 4.78 is 88.2. The van der Waals surface area contributed by atoms with E-state index in [4.69, 9.17) is 79.1 Å². The zero-order valence-electron chi connectivity index (χ0n) is 74.8. The smallest absolute Gasteiger partial charge is 0.408 e. The van der Waals surface area contributed by atoms with Crippen LogP contribution in [-0.4, -0.2) is 224 Å². The van der Waals surface area contributed by atoms with Crippen molar-refractivity contribution in [2.75, 3.05) is 71.5 Å². The number of fused-ring (bicyclic) bond motifs is 4. The molecule has 2 aliphatic heterocycles. The van der Waals surface area contributed by atoms with Gasteiger partial charge < -0.3 is 98.5 Å². The number of nitrogens with one attached hydrogen (secondary N) is 7. The molecule has 6 amide bonds. The number of aliphatic carboxylic acids is 1. The Kier molecular flexibility index (Phi) is 29.7. The summed E-state index contributed by atoms with van der Waals surface area (Å²) in [5.74, 6) is -1.63.